The van der Waals surface area contributed by atoms with Gasteiger partial charge in [0.15, 0.2) is 0 Å². The van der Waals surface area contributed by atoms with Gasteiger partial charge in [0, 0.05) is 4.47 Å². The van der Waals surface area contributed by atoms with Crippen LogP contribution in [0.5, 0.6) is 0 Å². The first-order valence-electron chi connectivity index (χ1n) is 5.99. The molecule has 100 valence electrons. The van der Waals surface area contributed by atoms with E-state index in [1.54, 1.807) is 6.07 Å². The lowest BCUT2D eigenvalue weighted by Crippen LogP contribution is -2.17. The van der Waals surface area contributed by atoms with Crippen LogP contribution in [-0.2, 0) is 0 Å². The van der Waals surface area contributed by atoms with Crippen molar-refractivity contribution in [1.29, 1.82) is 0 Å². The lowest BCUT2D eigenvalue weighted by molar-refractivity contribution is 0.507. The third-order valence-electron chi connectivity index (χ3n) is 3.05. The van der Waals surface area contributed by atoms with Crippen LogP contribution in [-0.4, -0.2) is 4.57 Å². The first-order valence-corrected chi connectivity index (χ1v) is 7.19. The summed E-state index contributed by atoms with van der Waals surface area (Å²) in [5.41, 5.74) is 2.32. The van der Waals surface area contributed by atoms with E-state index >= 15 is 0 Å². The van der Waals surface area contributed by atoms with E-state index in [1.807, 2.05) is 43.3 Å². The Bertz CT molecular complexity index is 910. The van der Waals surface area contributed by atoms with Gasteiger partial charge in [0.2, 0.25) is 0 Å². The molecule has 0 fully saturated rings. The standard InChI is InChI=1S/C15H10BrNO2S/c1-9-2-5-11(6-3-9)17-14(20)12-8-10(16)4-7-13(12)19-15(17)18/h2-8H,1H3. The third kappa shape index (κ3) is 2.23. The predicted octanol–water partition coefficient (Wildman–Crippen LogP) is 4.38. The van der Waals surface area contributed by atoms with Crippen molar-refractivity contribution in [3.63, 3.8) is 0 Å². The molecule has 3 nitrogen and oxygen atoms in total. The van der Waals surface area contributed by atoms with E-state index < -0.39 is 5.76 Å². The van der Waals surface area contributed by atoms with Gasteiger partial charge in [-0.15, -0.1) is 0 Å². The zero-order valence-electron chi connectivity index (χ0n) is 10.6. The van der Waals surface area contributed by atoms with Crippen molar-refractivity contribution >= 4 is 39.1 Å². The summed E-state index contributed by atoms with van der Waals surface area (Å²) < 4.78 is 8.07. The second kappa shape index (κ2) is 5.00. The molecular weight excluding hydrogens is 338 g/mol. The Morgan fingerprint density at radius 1 is 1.15 bits per heavy atom. The number of aryl methyl sites for hydroxylation is 1. The molecule has 0 spiro atoms. The summed E-state index contributed by atoms with van der Waals surface area (Å²) in [6.45, 7) is 1.99. The van der Waals surface area contributed by atoms with Crippen molar-refractivity contribution in [2.75, 3.05) is 0 Å². The fourth-order valence-electron chi connectivity index (χ4n) is 2.02. The van der Waals surface area contributed by atoms with Crippen molar-refractivity contribution in [2.24, 2.45) is 0 Å². The molecule has 0 aliphatic rings. The van der Waals surface area contributed by atoms with Crippen LogP contribution in [0, 0.1) is 11.6 Å². The van der Waals surface area contributed by atoms with Gasteiger partial charge in [0.05, 0.1) is 11.1 Å². The molecule has 0 bridgehead atoms. The maximum atomic E-state index is 12.1. The average Bonchev–Trinajstić information content (AvgIpc) is 2.42. The topological polar surface area (TPSA) is 35.1 Å². The molecule has 0 aliphatic heterocycles. The molecule has 0 radical (unpaired) electrons. The Kier molecular flexibility index (Phi) is 3.31. The molecule has 20 heavy (non-hydrogen) atoms. The smallest absolute Gasteiger partial charge is 0.409 e. The lowest BCUT2D eigenvalue weighted by Gasteiger charge is -2.07. The van der Waals surface area contributed by atoms with Crippen molar-refractivity contribution in [2.45, 2.75) is 6.92 Å². The Balaban J connectivity index is 2.39. The zero-order valence-corrected chi connectivity index (χ0v) is 13.0. The monoisotopic (exact) mass is 347 g/mol. The molecule has 0 aliphatic carbocycles. The molecule has 0 saturated carbocycles. The summed E-state index contributed by atoms with van der Waals surface area (Å²) in [5, 5.41) is 0.731. The van der Waals surface area contributed by atoms with Crippen LogP contribution in [0.1, 0.15) is 5.56 Å². The molecular formula is C15H10BrNO2S. The van der Waals surface area contributed by atoms with Crippen LogP contribution in [0.2, 0.25) is 0 Å². The molecule has 1 heterocycles. The summed E-state index contributed by atoms with van der Waals surface area (Å²) in [6.07, 6.45) is 0. The fraction of sp³-hybridized carbons (Fsp3) is 0.0667. The molecule has 0 amide bonds. The van der Waals surface area contributed by atoms with Gasteiger partial charge in [0.25, 0.3) is 0 Å². The van der Waals surface area contributed by atoms with Gasteiger partial charge < -0.3 is 4.42 Å². The highest BCUT2D eigenvalue weighted by Crippen LogP contribution is 2.21. The van der Waals surface area contributed by atoms with E-state index in [0.29, 0.717) is 15.9 Å². The number of halogens is 1. The Morgan fingerprint density at radius 2 is 1.85 bits per heavy atom. The van der Waals surface area contributed by atoms with E-state index in [0.717, 1.165) is 15.4 Å². The molecule has 3 aromatic rings. The summed E-state index contributed by atoms with van der Waals surface area (Å²) >= 11 is 8.84. The summed E-state index contributed by atoms with van der Waals surface area (Å²) in [5.74, 6) is -0.478. The van der Waals surface area contributed by atoms with Gasteiger partial charge in [-0.1, -0.05) is 45.8 Å². The van der Waals surface area contributed by atoms with Crippen molar-refractivity contribution in [1.82, 2.24) is 4.57 Å². The van der Waals surface area contributed by atoms with Gasteiger partial charge in [-0.3, -0.25) is 0 Å². The predicted molar refractivity (Wildman–Crippen MR) is 85.1 cm³/mol. The number of benzene rings is 2. The van der Waals surface area contributed by atoms with Crippen LogP contribution in [0.25, 0.3) is 16.7 Å². The fourth-order valence-corrected chi connectivity index (χ4v) is 2.72. The lowest BCUT2D eigenvalue weighted by atomic mass is 10.2. The van der Waals surface area contributed by atoms with Crippen LogP contribution in [0.15, 0.2) is 56.1 Å². The maximum Gasteiger partial charge on any atom is 0.425 e. The minimum atomic E-state index is -0.478. The van der Waals surface area contributed by atoms with E-state index in [4.69, 9.17) is 16.6 Å². The highest BCUT2D eigenvalue weighted by molar-refractivity contribution is 9.10. The Hall–Kier alpha value is -1.72. The summed E-state index contributed by atoms with van der Waals surface area (Å²) in [7, 11) is 0. The average molecular weight is 348 g/mol. The minimum absolute atomic E-state index is 0.446. The SMILES string of the molecule is Cc1ccc(-n2c(=O)oc3ccc(Br)cc3c2=S)cc1. The molecule has 1 aromatic heterocycles. The van der Waals surface area contributed by atoms with Gasteiger partial charge >= 0.3 is 5.76 Å². The van der Waals surface area contributed by atoms with Crippen molar-refractivity contribution < 1.29 is 4.42 Å². The third-order valence-corrected chi connectivity index (χ3v) is 3.94. The van der Waals surface area contributed by atoms with Crippen LogP contribution in [0.4, 0.5) is 0 Å². The van der Waals surface area contributed by atoms with E-state index in [-0.39, 0.29) is 0 Å². The summed E-state index contributed by atoms with van der Waals surface area (Å²) in [6, 6.07) is 13.0. The molecule has 5 heteroatoms. The Labute approximate surface area is 128 Å². The normalized spacial score (nSPS) is 10.9. The number of rotatable bonds is 1. The van der Waals surface area contributed by atoms with E-state index in [1.165, 1.54) is 4.57 Å². The number of hydrogen-bond acceptors (Lipinski definition) is 3. The van der Waals surface area contributed by atoms with Crippen molar-refractivity contribution in [3.05, 3.63) is 67.7 Å². The molecule has 3 rings (SSSR count). The molecule has 0 atom stereocenters. The van der Waals surface area contributed by atoms with E-state index in [9.17, 15) is 4.79 Å². The van der Waals surface area contributed by atoms with Crippen molar-refractivity contribution in [3.8, 4) is 5.69 Å². The molecule has 0 N–H and O–H groups in total. The maximum absolute atomic E-state index is 12.1. The van der Waals surface area contributed by atoms with Crippen LogP contribution >= 0.6 is 28.1 Å². The number of hydrogen-bond donors (Lipinski definition) is 0. The second-order valence-electron chi connectivity index (χ2n) is 4.48. The van der Waals surface area contributed by atoms with E-state index in [2.05, 4.69) is 15.9 Å². The first kappa shape index (κ1) is 13.3. The van der Waals surface area contributed by atoms with Gasteiger partial charge in [-0.05, 0) is 37.3 Å². The highest BCUT2D eigenvalue weighted by atomic mass is 79.9. The largest absolute Gasteiger partial charge is 0.425 e. The number of fused-ring (bicyclic) bond motifs is 1. The number of aromatic nitrogens is 1. The zero-order chi connectivity index (χ0) is 14.3. The van der Waals surface area contributed by atoms with Gasteiger partial charge in [0.1, 0.15) is 10.2 Å². The quantitative estimate of drug-likeness (QED) is 0.612. The first-order chi connectivity index (χ1) is 9.56. The highest BCUT2D eigenvalue weighted by Gasteiger charge is 2.09. The molecule has 0 unspecified atom stereocenters. The number of nitrogens with zero attached hydrogens (tertiary/aromatic N) is 1. The van der Waals surface area contributed by atoms with Crippen LogP contribution in [0.3, 0.4) is 0 Å². The van der Waals surface area contributed by atoms with Gasteiger partial charge in [-0.2, -0.15) is 0 Å². The minimum Gasteiger partial charge on any atom is -0.409 e. The second-order valence-corrected chi connectivity index (χ2v) is 5.79. The molecule has 0 saturated heterocycles. The molecule has 2 aromatic carbocycles. The van der Waals surface area contributed by atoms with Crippen LogP contribution < -0.4 is 5.76 Å². The summed E-state index contributed by atoms with van der Waals surface area (Å²) in [4.78, 5) is 12.1. The van der Waals surface area contributed by atoms with Gasteiger partial charge in [-0.25, -0.2) is 9.36 Å². The Morgan fingerprint density at radius 3 is 2.55 bits per heavy atom.